The third-order valence-electron chi connectivity index (χ3n) is 4.87. The van der Waals surface area contributed by atoms with Crippen LogP contribution in [0.5, 0.6) is 0 Å². The molecule has 30 heavy (non-hydrogen) atoms. The van der Waals surface area contributed by atoms with Gasteiger partial charge in [-0.25, -0.2) is 13.6 Å². The van der Waals surface area contributed by atoms with Gasteiger partial charge in [-0.15, -0.1) is 0 Å². The van der Waals surface area contributed by atoms with Gasteiger partial charge in [0.25, 0.3) is 5.91 Å². The molecule has 0 aliphatic carbocycles. The van der Waals surface area contributed by atoms with E-state index in [1.54, 1.807) is 6.07 Å². The number of carbonyl (C=O) groups is 1. The summed E-state index contributed by atoms with van der Waals surface area (Å²) in [5.41, 5.74) is 1.77. The molecule has 4 rings (SSSR count). The average Bonchev–Trinajstić information content (AvgIpc) is 3.04. The van der Waals surface area contributed by atoms with Gasteiger partial charge in [0.05, 0.1) is 21.5 Å². The number of amides is 1. The molecule has 4 aromatic rings. The number of aromatic nitrogens is 1. The van der Waals surface area contributed by atoms with Gasteiger partial charge in [0, 0.05) is 6.54 Å². The molecule has 0 aliphatic heterocycles. The van der Waals surface area contributed by atoms with Gasteiger partial charge in [0.1, 0.15) is 0 Å². The number of nitrogens with two attached hydrogens (primary N) is 1. The molecule has 0 atom stereocenters. The highest BCUT2D eigenvalue weighted by Crippen LogP contribution is 2.22. The minimum Gasteiger partial charge on any atom is -0.316 e. The lowest BCUT2D eigenvalue weighted by Crippen LogP contribution is -2.17. The summed E-state index contributed by atoms with van der Waals surface area (Å²) in [6.07, 6.45) is 1.05. The van der Waals surface area contributed by atoms with Gasteiger partial charge < -0.3 is 4.57 Å². The van der Waals surface area contributed by atoms with E-state index in [0.29, 0.717) is 11.3 Å². The molecule has 1 heterocycles. The van der Waals surface area contributed by atoms with Crippen LogP contribution in [0.4, 0.5) is 0 Å². The highest BCUT2D eigenvalue weighted by atomic mass is 32.2. The molecule has 1 aromatic heterocycles. The van der Waals surface area contributed by atoms with Crippen molar-refractivity contribution in [2.75, 3.05) is 0 Å². The van der Waals surface area contributed by atoms with E-state index in [2.05, 4.69) is 4.99 Å². The topological polar surface area (TPSA) is 94.5 Å². The number of sulfonamides is 1. The van der Waals surface area contributed by atoms with Crippen LogP contribution in [0.2, 0.25) is 0 Å². The maximum absolute atomic E-state index is 12.8. The first-order chi connectivity index (χ1) is 14.4. The first kappa shape index (κ1) is 20.5. The fourth-order valence-electron chi connectivity index (χ4n) is 3.51. The molecule has 0 radical (unpaired) electrons. The molecular formula is C22H21N3O3S2. The van der Waals surface area contributed by atoms with Crippen LogP contribution < -0.4 is 9.94 Å². The Labute approximate surface area is 178 Å². The fourth-order valence-corrected chi connectivity index (χ4v) is 5.24. The van der Waals surface area contributed by atoms with Gasteiger partial charge in [-0.1, -0.05) is 60.7 Å². The normalized spacial score (nSPS) is 12.7. The minimum absolute atomic E-state index is 0.0496. The lowest BCUT2D eigenvalue weighted by Gasteiger charge is -2.05. The minimum atomic E-state index is -3.79. The second-order valence-corrected chi connectivity index (χ2v) is 9.60. The van der Waals surface area contributed by atoms with Crippen molar-refractivity contribution in [3.63, 3.8) is 0 Å². The van der Waals surface area contributed by atoms with E-state index in [9.17, 15) is 13.2 Å². The van der Waals surface area contributed by atoms with Gasteiger partial charge in [-0.3, -0.25) is 4.79 Å². The first-order valence-corrected chi connectivity index (χ1v) is 11.9. The van der Waals surface area contributed by atoms with Crippen LogP contribution in [-0.4, -0.2) is 18.9 Å². The highest BCUT2D eigenvalue weighted by Gasteiger charge is 2.13. The summed E-state index contributed by atoms with van der Waals surface area (Å²) in [6, 6.07) is 18.6. The van der Waals surface area contributed by atoms with Gasteiger partial charge in [0.2, 0.25) is 10.0 Å². The van der Waals surface area contributed by atoms with Crippen molar-refractivity contribution in [1.29, 1.82) is 0 Å². The molecule has 0 bridgehead atoms. The first-order valence-electron chi connectivity index (χ1n) is 9.57. The quantitative estimate of drug-likeness (QED) is 0.515. The summed E-state index contributed by atoms with van der Waals surface area (Å²) in [4.78, 5) is 17.8. The van der Waals surface area contributed by atoms with E-state index in [-0.39, 0.29) is 17.2 Å². The van der Waals surface area contributed by atoms with E-state index in [1.165, 1.54) is 23.5 Å². The number of hydrogen-bond donors (Lipinski definition) is 1. The number of benzene rings is 3. The molecule has 2 N–H and O–H groups in total. The Hall–Kier alpha value is -2.81. The Morgan fingerprint density at radius 1 is 1.10 bits per heavy atom. The molecule has 0 saturated carbocycles. The van der Waals surface area contributed by atoms with Crippen LogP contribution in [0.25, 0.3) is 21.0 Å². The molecule has 6 nitrogen and oxygen atoms in total. The predicted molar refractivity (Wildman–Crippen MR) is 120 cm³/mol. The van der Waals surface area contributed by atoms with Crippen molar-refractivity contribution >= 4 is 48.3 Å². The third-order valence-corrected chi connectivity index (χ3v) is 6.82. The molecular weight excluding hydrogens is 418 g/mol. The molecule has 0 spiro atoms. The number of nitrogens with zero attached hydrogens (tertiary/aromatic N) is 2. The number of aryl methyl sites for hydroxylation is 1. The maximum Gasteiger partial charge on any atom is 0.252 e. The lowest BCUT2D eigenvalue weighted by atomic mass is 10.0. The summed E-state index contributed by atoms with van der Waals surface area (Å²) in [7, 11) is -3.79. The van der Waals surface area contributed by atoms with Crippen molar-refractivity contribution in [3.05, 3.63) is 71.0 Å². The van der Waals surface area contributed by atoms with Crippen molar-refractivity contribution in [1.82, 2.24) is 4.57 Å². The zero-order chi connectivity index (χ0) is 21.3. The number of fused-ring (bicyclic) bond motifs is 2. The smallest absolute Gasteiger partial charge is 0.252 e. The van der Waals surface area contributed by atoms with Crippen LogP contribution >= 0.6 is 11.3 Å². The highest BCUT2D eigenvalue weighted by molar-refractivity contribution is 7.89. The Morgan fingerprint density at radius 3 is 2.63 bits per heavy atom. The second-order valence-electron chi connectivity index (χ2n) is 7.03. The van der Waals surface area contributed by atoms with Crippen LogP contribution in [-0.2, 0) is 27.8 Å². The number of thiazole rings is 1. The fraction of sp³-hybridized carbons (Fsp3) is 0.182. The average molecular weight is 440 g/mol. The number of hydrogen-bond acceptors (Lipinski definition) is 4. The molecule has 154 valence electrons. The molecule has 0 fully saturated rings. The molecule has 3 aromatic carbocycles. The predicted octanol–water partition coefficient (Wildman–Crippen LogP) is 3.58. The molecule has 0 saturated heterocycles. The van der Waals surface area contributed by atoms with Crippen LogP contribution in [0.1, 0.15) is 18.9 Å². The summed E-state index contributed by atoms with van der Waals surface area (Å²) in [5, 5.41) is 7.38. The molecule has 8 heteroatoms. The Kier molecular flexibility index (Phi) is 5.55. The SMILES string of the molecule is CCCn1c(=NC(=O)Cc2cccc3ccccc23)sc2cc(S(N)(=O)=O)ccc21. The van der Waals surface area contributed by atoms with Crippen LogP contribution in [0, 0.1) is 0 Å². The Morgan fingerprint density at radius 2 is 1.87 bits per heavy atom. The van der Waals surface area contributed by atoms with Crippen molar-refractivity contribution in [2.24, 2.45) is 10.1 Å². The number of rotatable bonds is 5. The summed E-state index contributed by atoms with van der Waals surface area (Å²) >= 11 is 1.29. The molecule has 0 unspecified atom stereocenters. The van der Waals surface area contributed by atoms with Crippen molar-refractivity contribution in [2.45, 2.75) is 31.2 Å². The van der Waals surface area contributed by atoms with Crippen molar-refractivity contribution < 1.29 is 13.2 Å². The summed E-state index contributed by atoms with van der Waals surface area (Å²) < 4.78 is 26.0. The summed E-state index contributed by atoms with van der Waals surface area (Å²) in [6.45, 7) is 2.71. The lowest BCUT2D eigenvalue weighted by molar-refractivity contribution is -0.117. The van der Waals surface area contributed by atoms with Gasteiger partial charge in [-0.2, -0.15) is 4.99 Å². The number of primary sulfonamides is 1. The van der Waals surface area contributed by atoms with Crippen LogP contribution in [0.3, 0.4) is 0 Å². The standard InChI is InChI=1S/C22H21N3O3S2/c1-2-12-25-19-11-10-17(30(23,27)28)14-20(19)29-22(25)24-21(26)13-16-8-5-7-15-6-3-4-9-18(15)16/h3-11,14H,2,12-13H2,1H3,(H2,23,27,28). The van der Waals surface area contributed by atoms with Gasteiger partial charge in [-0.05, 0) is 41.0 Å². The van der Waals surface area contributed by atoms with E-state index in [1.807, 2.05) is 54.0 Å². The van der Waals surface area contributed by atoms with Crippen LogP contribution in [0.15, 0.2) is 70.6 Å². The summed E-state index contributed by atoms with van der Waals surface area (Å²) in [5.74, 6) is -0.241. The maximum atomic E-state index is 12.8. The Bertz CT molecular complexity index is 1430. The van der Waals surface area contributed by atoms with E-state index in [0.717, 1.165) is 33.0 Å². The second kappa shape index (κ2) is 8.14. The zero-order valence-corrected chi connectivity index (χ0v) is 18.0. The van der Waals surface area contributed by atoms with E-state index < -0.39 is 10.0 Å². The monoisotopic (exact) mass is 439 g/mol. The third kappa shape index (κ3) is 4.07. The Balaban J connectivity index is 1.77. The van der Waals surface area contributed by atoms with Crippen molar-refractivity contribution in [3.8, 4) is 0 Å². The largest absolute Gasteiger partial charge is 0.316 e. The van der Waals surface area contributed by atoms with Gasteiger partial charge in [0.15, 0.2) is 4.80 Å². The van der Waals surface area contributed by atoms with E-state index >= 15 is 0 Å². The molecule has 1 amide bonds. The zero-order valence-electron chi connectivity index (χ0n) is 16.4. The van der Waals surface area contributed by atoms with E-state index in [4.69, 9.17) is 5.14 Å². The molecule has 0 aliphatic rings. The van der Waals surface area contributed by atoms with Gasteiger partial charge >= 0.3 is 0 Å². The number of carbonyl (C=O) groups excluding carboxylic acids is 1.